The van der Waals surface area contributed by atoms with Crippen LogP contribution in [0, 0.1) is 0 Å². The van der Waals surface area contributed by atoms with Crippen molar-refractivity contribution in [2.24, 2.45) is 7.05 Å². The third-order valence-corrected chi connectivity index (χ3v) is 6.51. The number of anilines is 1. The van der Waals surface area contributed by atoms with Crippen LogP contribution in [0.2, 0.25) is 0 Å². The molecule has 1 aliphatic rings. The number of pyridine rings is 1. The predicted molar refractivity (Wildman–Crippen MR) is 117 cm³/mol. The number of aromatic nitrogens is 2. The van der Waals surface area contributed by atoms with Gasteiger partial charge in [-0.05, 0) is 24.3 Å². The molecule has 178 valence electrons. The van der Waals surface area contributed by atoms with Gasteiger partial charge < -0.3 is 19.0 Å². The molecule has 3 heterocycles. The summed E-state index contributed by atoms with van der Waals surface area (Å²) in [7, 11) is -3.10. The number of nitrogens with zero attached hydrogens (tertiary/aromatic N) is 1. The zero-order chi connectivity index (χ0) is 23.8. The summed E-state index contributed by atoms with van der Waals surface area (Å²) in [5.74, 6) is -1.58. The summed E-state index contributed by atoms with van der Waals surface area (Å²) in [6.45, 7) is 1.08. The highest BCUT2D eigenvalue weighted by Gasteiger charge is 2.35. The fraction of sp³-hybridized carbons (Fsp3) is 0.381. The van der Waals surface area contributed by atoms with E-state index in [-0.39, 0.29) is 17.4 Å². The number of halogens is 3. The third-order valence-electron chi connectivity index (χ3n) is 5.25. The lowest BCUT2D eigenvalue weighted by atomic mass is 10.0. The Bertz CT molecular complexity index is 1330. The van der Waals surface area contributed by atoms with Crippen molar-refractivity contribution in [3.05, 3.63) is 47.0 Å². The second-order valence-electron chi connectivity index (χ2n) is 7.84. The number of alkyl halides is 3. The van der Waals surface area contributed by atoms with Gasteiger partial charge in [0.1, 0.15) is 17.4 Å². The van der Waals surface area contributed by atoms with Crippen LogP contribution in [0.1, 0.15) is 12.8 Å². The quantitative estimate of drug-likeness (QED) is 0.557. The fourth-order valence-corrected chi connectivity index (χ4v) is 4.78. The van der Waals surface area contributed by atoms with Crippen molar-refractivity contribution in [3.8, 4) is 16.9 Å². The van der Waals surface area contributed by atoms with Gasteiger partial charge >= 0.3 is 6.18 Å². The molecule has 0 atom stereocenters. The van der Waals surface area contributed by atoms with E-state index in [1.165, 1.54) is 22.8 Å². The van der Waals surface area contributed by atoms with Crippen LogP contribution < -0.4 is 15.0 Å². The molecule has 33 heavy (non-hydrogen) atoms. The molecule has 0 saturated carbocycles. The highest BCUT2D eigenvalue weighted by atomic mass is 32.2. The standard InChI is InChI=1S/C21H22F3N3O5S/c1-27-11-17(15-4-7-25-19(15)20(27)28)16-10-13(26-33(29,30)12-21(22,23)24)2-3-18(16)32-14-5-8-31-9-6-14/h2-4,7,10-11,14,25-26H,5-6,8-9,12H2,1H3. The van der Waals surface area contributed by atoms with E-state index in [2.05, 4.69) is 4.98 Å². The number of H-pyrrole nitrogens is 1. The average molecular weight is 485 g/mol. The van der Waals surface area contributed by atoms with E-state index in [0.29, 0.717) is 53.8 Å². The van der Waals surface area contributed by atoms with Crippen LogP contribution in [0.3, 0.4) is 0 Å². The topological polar surface area (TPSA) is 102 Å². The Hall–Kier alpha value is -2.99. The van der Waals surface area contributed by atoms with Crippen LogP contribution in [0.4, 0.5) is 18.9 Å². The number of benzene rings is 1. The Morgan fingerprint density at radius 3 is 2.64 bits per heavy atom. The van der Waals surface area contributed by atoms with Crippen LogP contribution in [0.15, 0.2) is 41.5 Å². The van der Waals surface area contributed by atoms with E-state index in [9.17, 15) is 26.4 Å². The van der Waals surface area contributed by atoms with Gasteiger partial charge in [0, 0.05) is 54.5 Å². The molecule has 0 aliphatic carbocycles. The molecule has 0 spiro atoms. The molecule has 2 aromatic heterocycles. The van der Waals surface area contributed by atoms with E-state index < -0.39 is 22.0 Å². The minimum absolute atomic E-state index is 0.0499. The molecule has 2 N–H and O–H groups in total. The Labute approximate surface area is 187 Å². The number of hydrogen-bond acceptors (Lipinski definition) is 5. The van der Waals surface area contributed by atoms with E-state index in [1.54, 1.807) is 25.5 Å². The number of aryl methyl sites for hydroxylation is 1. The summed E-state index contributed by atoms with van der Waals surface area (Å²) in [4.78, 5) is 15.3. The van der Waals surface area contributed by atoms with Crippen LogP contribution in [-0.4, -0.2) is 49.2 Å². The van der Waals surface area contributed by atoms with E-state index in [4.69, 9.17) is 9.47 Å². The predicted octanol–water partition coefficient (Wildman–Crippen LogP) is 3.40. The summed E-state index contributed by atoms with van der Waals surface area (Å²) in [5, 5.41) is 0.574. The van der Waals surface area contributed by atoms with Gasteiger partial charge in [-0.25, -0.2) is 8.42 Å². The first kappa shape index (κ1) is 23.2. The Morgan fingerprint density at radius 1 is 1.21 bits per heavy atom. The van der Waals surface area contributed by atoms with Gasteiger partial charge in [-0.15, -0.1) is 0 Å². The summed E-state index contributed by atoms with van der Waals surface area (Å²) < 4.78 is 76.9. The number of nitrogens with one attached hydrogen (secondary N) is 2. The van der Waals surface area contributed by atoms with Crippen molar-refractivity contribution in [2.75, 3.05) is 23.7 Å². The SMILES string of the molecule is Cn1cc(-c2cc(NS(=O)(=O)CC(F)(F)F)ccc2OC2CCOCC2)c2cc[nH]c2c1=O. The van der Waals surface area contributed by atoms with Crippen molar-refractivity contribution in [1.82, 2.24) is 9.55 Å². The van der Waals surface area contributed by atoms with Crippen molar-refractivity contribution in [1.29, 1.82) is 0 Å². The molecule has 3 aromatic rings. The average Bonchev–Trinajstić information content (AvgIpc) is 3.21. The van der Waals surface area contributed by atoms with Gasteiger partial charge in [0.25, 0.3) is 5.56 Å². The lowest BCUT2D eigenvalue weighted by molar-refractivity contribution is -0.106. The van der Waals surface area contributed by atoms with Gasteiger partial charge in [-0.3, -0.25) is 9.52 Å². The zero-order valence-electron chi connectivity index (χ0n) is 17.6. The van der Waals surface area contributed by atoms with Gasteiger partial charge in [0.2, 0.25) is 10.0 Å². The molecule has 0 unspecified atom stereocenters. The number of ether oxygens (including phenoxy) is 2. The first-order valence-electron chi connectivity index (χ1n) is 10.2. The lowest BCUT2D eigenvalue weighted by Gasteiger charge is -2.25. The Kier molecular flexibility index (Phi) is 6.14. The largest absolute Gasteiger partial charge is 0.490 e. The van der Waals surface area contributed by atoms with Crippen LogP contribution in [0.25, 0.3) is 22.0 Å². The molecular formula is C21H22F3N3O5S. The highest BCUT2D eigenvalue weighted by molar-refractivity contribution is 7.92. The Morgan fingerprint density at radius 2 is 1.94 bits per heavy atom. The number of fused-ring (bicyclic) bond motifs is 1. The highest BCUT2D eigenvalue weighted by Crippen LogP contribution is 2.37. The van der Waals surface area contributed by atoms with Crippen molar-refractivity contribution in [2.45, 2.75) is 25.1 Å². The summed E-state index contributed by atoms with van der Waals surface area (Å²) in [5.41, 5.74) is 1.04. The van der Waals surface area contributed by atoms with Gasteiger partial charge in [-0.2, -0.15) is 13.2 Å². The smallest absolute Gasteiger partial charge is 0.404 e. The third kappa shape index (κ3) is 5.33. The monoisotopic (exact) mass is 485 g/mol. The lowest BCUT2D eigenvalue weighted by Crippen LogP contribution is -2.28. The first-order chi connectivity index (χ1) is 15.5. The maximum atomic E-state index is 12.7. The molecule has 1 fully saturated rings. The van der Waals surface area contributed by atoms with Gasteiger partial charge in [-0.1, -0.05) is 0 Å². The summed E-state index contributed by atoms with van der Waals surface area (Å²) in [6, 6.07) is 5.97. The molecule has 0 radical (unpaired) electrons. The molecule has 0 bridgehead atoms. The molecule has 1 aromatic carbocycles. The maximum Gasteiger partial charge on any atom is 0.404 e. The van der Waals surface area contributed by atoms with Crippen LogP contribution in [0.5, 0.6) is 5.75 Å². The van der Waals surface area contributed by atoms with Crippen molar-refractivity contribution in [3.63, 3.8) is 0 Å². The van der Waals surface area contributed by atoms with E-state index in [1.807, 2.05) is 4.72 Å². The maximum absolute atomic E-state index is 12.7. The molecule has 8 nitrogen and oxygen atoms in total. The van der Waals surface area contributed by atoms with Gasteiger partial charge in [0.05, 0.1) is 13.2 Å². The molecule has 1 aliphatic heterocycles. The second kappa shape index (κ2) is 8.75. The first-order valence-corrected chi connectivity index (χ1v) is 11.8. The number of sulfonamides is 1. The van der Waals surface area contributed by atoms with E-state index >= 15 is 0 Å². The normalized spacial score (nSPS) is 15.6. The number of aromatic amines is 1. The molecular weight excluding hydrogens is 463 g/mol. The zero-order valence-corrected chi connectivity index (χ0v) is 18.4. The summed E-state index contributed by atoms with van der Waals surface area (Å²) in [6.07, 6.45) is -0.517. The Balaban J connectivity index is 1.80. The molecule has 4 rings (SSSR count). The van der Waals surface area contributed by atoms with Crippen molar-refractivity contribution >= 4 is 26.6 Å². The number of hydrogen-bond donors (Lipinski definition) is 2. The van der Waals surface area contributed by atoms with Crippen LogP contribution >= 0.6 is 0 Å². The molecule has 12 heteroatoms. The molecule has 0 amide bonds. The van der Waals surface area contributed by atoms with Crippen molar-refractivity contribution < 1.29 is 31.1 Å². The fourth-order valence-electron chi connectivity index (χ4n) is 3.79. The minimum atomic E-state index is -4.88. The summed E-state index contributed by atoms with van der Waals surface area (Å²) >= 11 is 0. The minimum Gasteiger partial charge on any atom is -0.490 e. The number of rotatable bonds is 6. The molecule has 1 saturated heterocycles. The second-order valence-corrected chi connectivity index (χ2v) is 9.56. The van der Waals surface area contributed by atoms with Gasteiger partial charge in [0.15, 0.2) is 5.75 Å². The van der Waals surface area contributed by atoms with Crippen LogP contribution in [-0.2, 0) is 21.8 Å². The van der Waals surface area contributed by atoms with E-state index in [0.717, 1.165) is 0 Å².